The molecule has 2 rings (SSSR count). The quantitative estimate of drug-likeness (QED) is 0.537. The average Bonchev–Trinajstić information content (AvgIpc) is 2.83. The van der Waals surface area contributed by atoms with Gasteiger partial charge in [0, 0.05) is 0 Å². The predicted octanol–water partition coefficient (Wildman–Crippen LogP) is 5.88. The standard InChI is InChI=1S/2C7H9.C3H6.CH2.2ClH.Zr/c2*1-6-4-3-5-7(6)2;1-3-2;;;;/h2*4H,5H2,1-2H3;1-2H3;1H2;2*1H;. The molecule has 0 spiro atoms. The van der Waals surface area contributed by atoms with Gasteiger partial charge in [0.25, 0.3) is 0 Å². The molecule has 2 aliphatic rings. The zero-order valence-electron chi connectivity index (χ0n) is 14.1. The van der Waals surface area contributed by atoms with Crippen LogP contribution in [-0.4, -0.2) is 7.42 Å². The van der Waals surface area contributed by atoms with Crippen molar-refractivity contribution in [3.63, 3.8) is 0 Å². The molecule has 0 nitrogen and oxygen atoms in total. The van der Waals surface area contributed by atoms with Gasteiger partial charge in [-0.3, -0.25) is 0 Å². The first-order valence-corrected chi connectivity index (χ1v) is 12.6. The van der Waals surface area contributed by atoms with E-state index in [1.165, 1.54) is 24.0 Å². The van der Waals surface area contributed by atoms with Crippen LogP contribution >= 0.6 is 24.8 Å². The van der Waals surface area contributed by atoms with E-state index in [0.29, 0.717) is 0 Å². The van der Waals surface area contributed by atoms with Gasteiger partial charge < -0.3 is 0 Å². The predicted molar refractivity (Wildman–Crippen MR) is 100 cm³/mol. The summed E-state index contributed by atoms with van der Waals surface area (Å²) >= 11 is -2.70. The fourth-order valence-corrected chi connectivity index (χ4v) is 12.4. The Labute approximate surface area is 146 Å². The maximum absolute atomic E-state index is 4.85. The van der Waals surface area contributed by atoms with Crippen molar-refractivity contribution in [3.05, 3.63) is 41.0 Å². The maximum atomic E-state index is 4.85. The third-order valence-electron chi connectivity index (χ3n) is 4.99. The van der Waals surface area contributed by atoms with Crippen molar-refractivity contribution in [2.45, 2.75) is 54.4 Å². The fourth-order valence-electron chi connectivity index (χ4n) is 3.12. The second-order valence-corrected chi connectivity index (χ2v) is 16.6. The van der Waals surface area contributed by atoms with Crippen molar-refractivity contribution in [2.75, 3.05) is 0 Å². The summed E-state index contributed by atoms with van der Waals surface area (Å²) in [5.41, 5.74) is 6.03. The Hall–Kier alpha value is 0.163. The molecule has 2 aliphatic carbocycles. The summed E-state index contributed by atoms with van der Waals surface area (Å²) in [6, 6.07) is 0. The van der Waals surface area contributed by atoms with Crippen LogP contribution in [0.25, 0.3) is 0 Å². The van der Waals surface area contributed by atoms with E-state index in [9.17, 15) is 0 Å². The van der Waals surface area contributed by atoms with Crippen LogP contribution in [0.1, 0.15) is 54.4 Å². The number of allylic oxidation sites excluding steroid dienone is 8. The van der Waals surface area contributed by atoms with E-state index < -0.39 is 19.3 Å². The SMILES string of the molecule is Cl.Cl.[CH2]=[Zr]([C]1=CC(C)=C(C)C1)([C]1=CC(C)=C(C)C1)=[C](C)C. The monoisotopic (exact) mass is 404 g/mol. The summed E-state index contributed by atoms with van der Waals surface area (Å²) < 4.78 is 9.82. The van der Waals surface area contributed by atoms with Crippen molar-refractivity contribution in [2.24, 2.45) is 0 Å². The molecule has 0 amide bonds. The zero-order chi connectivity index (χ0) is 14.4. The van der Waals surface area contributed by atoms with Crippen molar-refractivity contribution < 1.29 is 19.3 Å². The molecule has 0 aliphatic heterocycles. The van der Waals surface area contributed by atoms with Crippen LogP contribution in [0.2, 0.25) is 0 Å². The molecule has 0 radical (unpaired) electrons. The Balaban J connectivity index is 0.00000200. The van der Waals surface area contributed by atoms with Crippen LogP contribution in [0.15, 0.2) is 41.0 Å². The number of halogens is 2. The second-order valence-electron chi connectivity index (χ2n) is 6.52. The fraction of sp³-hybridized carbons (Fsp3) is 0.444. The van der Waals surface area contributed by atoms with Gasteiger partial charge >= 0.3 is 122 Å². The van der Waals surface area contributed by atoms with Crippen LogP contribution < -0.4 is 0 Å². The molecule has 0 aromatic heterocycles. The molecule has 0 heterocycles. The number of rotatable bonds is 2. The first-order valence-electron chi connectivity index (χ1n) is 7.17. The second kappa shape index (κ2) is 7.62. The average molecular weight is 407 g/mol. The summed E-state index contributed by atoms with van der Waals surface area (Å²) in [5, 5.41) is 0. The van der Waals surface area contributed by atoms with Gasteiger partial charge in [0.05, 0.1) is 0 Å². The molecule has 3 heteroatoms. The van der Waals surface area contributed by atoms with Gasteiger partial charge in [-0.1, -0.05) is 0 Å². The van der Waals surface area contributed by atoms with Gasteiger partial charge in [-0.15, -0.1) is 24.8 Å². The van der Waals surface area contributed by atoms with Crippen LogP contribution in [0.5, 0.6) is 0 Å². The van der Waals surface area contributed by atoms with Gasteiger partial charge in [0.2, 0.25) is 0 Å². The summed E-state index contributed by atoms with van der Waals surface area (Å²) in [6.07, 6.45) is 7.25. The van der Waals surface area contributed by atoms with Crippen LogP contribution in [0, 0.1) is 0 Å². The Bertz CT molecular complexity index is 624. The van der Waals surface area contributed by atoms with E-state index >= 15 is 0 Å². The molecule has 118 valence electrons. The van der Waals surface area contributed by atoms with Crippen molar-refractivity contribution >= 4 is 32.2 Å². The number of hydrogen-bond acceptors (Lipinski definition) is 0. The van der Waals surface area contributed by atoms with Gasteiger partial charge in [0.15, 0.2) is 0 Å². The molecule has 0 N–H and O–H groups in total. The molecule has 0 bridgehead atoms. The Morgan fingerprint density at radius 3 is 1.38 bits per heavy atom. The van der Waals surface area contributed by atoms with Gasteiger partial charge in [-0.05, 0) is 0 Å². The Morgan fingerprint density at radius 2 is 1.19 bits per heavy atom. The molecule has 0 saturated carbocycles. The Kier molecular flexibility index (Phi) is 7.68. The number of hydrogen-bond donors (Lipinski definition) is 0. The molecule has 21 heavy (non-hydrogen) atoms. The van der Waals surface area contributed by atoms with E-state index in [0.717, 1.165) is 0 Å². The molecule has 0 unspecified atom stereocenters. The molecule has 0 aromatic rings. The Morgan fingerprint density at radius 1 is 0.857 bits per heavy atom. The molecule has 0 aromatic carbocycles. The van der Waals surface area contributed by atoms with Crippen LogP contribution in [-0.2, 0) is 19.3 Å². The van der Waals surface area contributed by atoms with Crippen LogP contribution in [0.4, 0.5) is 0 Å². The normalized spacial score (nSPS) is 17.4. The van der Waals surface area contributed by atoms with E-state index in [1.54, 1.807) is 20.9 Å². The summed E-state index contributed by atoms with van der Waals surface area (Å²) in [4.78, 5) is 0. The minimum atomic E-state index is -2.70. The van der Waals surface area contributed by atoms with Crippen molar-refractivity contribution in [3.8, 4) is 0 Å². The van der Waals surface area contributed by atoms with E-state index in [2.05, 4.69) is 53.7 Å². The molecule has 0 saturated heterocycles. The van der Waals surface area contributed by atoms with Crippen molar-refractivity contribution in [1.82, 2.24) is 0 Å². The van der Waals surface area contributed by atoms with E-state index in [4.69, 9.17) is 4.21 Å². The first-order chi connectivity index (χ1) is 8.76. The third-order valence-corrected chi connectivity index (χ3v) is 16.2. The summed E-state index contributed by atoms with van der Waals surface area (Å²) in [5.74, 6) is 0. The van der Waals surface area contributed by atoms with Gasteiger partial charge in [0.1, 0.15) is 0 Å². The van der Waals surface area contributed by atoms with Gasteiger partial charge in [-0.25, -0.2) is 0 Å². The molecule has 0 fully saturated rings. The van der Waals surface area contributed by atoms with Gasteiger partial charge in [-0.2, -0.15) is 0 Å². The molecule has 0 atom stereocenters. The third kappa shape index (κ3) is 3.74. The minimum absolute atomic E-state index is 0. The van der Waals surface area contributed by atoms with E-state index in [-0.39, 0.29) is 24.8 Å². The molecular formula is C18H28Cl2Zr. The van der Waals surface area contributed by atoms with Crippen molar-refractivity contribution in [1.29, 1.82) is 0 Å². The van der Waals surface area contributed by atoms with Crippen LogP contribution in [0.3, 0.4) is 0 Å². The summed E-state index contributed by atoms with van der Waals surface area (Å²) in [6.45, 7) is 13.7. The zero-order valence-corrected chi connectivity index (χ0v) is 18.2. The summed E-state index contributed by atoms with van der Waals surface area (Å²) in [7, 11) is 0. The first kappa shape index (κ1) is 21.2. The van der Waals surface area contributed by atoms with E-state index in [1.807, 2.05) is 0 Å². The topological polar surface area (TPSA) is 0 Å². The molecular weight excluding hydrogens is 378 g/mol.